The zero-order chi connectivity index (χ0) is 20.5. The van der Waals surface area contributed by atoms with Gasteiger partial charge in [0.1, 0.15) is 11.3 Å². The molecule has 0 aromatic heterocycles. The van der Waals surface area contributed by atoms with E-state index in [4.69, 9.17) is 9.47 Å². The predicted octanol–water partition coefficient (Wildman–Crippen LogP) is 3.42. The Balaban J connectivity index is 1.72. The van der Waals surface area contributed by atoms with Gasteiger partial charge in [0.2, 0.25) is 0 Å². The quantitative estimate of drug-likeness (QED) is 0.382. The largest absolute Gasteiger partial charge is 0.483 e. The highest BCUT2D eigenvalue weighted by Crippen LogP contribution is 2.18. The zero-order valence-corrected chi connectivity index (χ0v) is 15.9. The Hall–Kier alpha value is -3.93. The second kappa shape index (κ2) is 9.85. The molecule has 0 aliphatic rings. The molecule has 0 saturated carbocycles. The van der Waals surface area contributed by atoms with Gasteiger partial charge in [0.05, 0.1) is 12.8 Å². The minimum atomic E-state index is -0.533. The van der Waals surface area contributed by atoms with Crippen molar-refractivity contribution < 1.29 is 19.1 Å². The summed E-state index contributed by atoms with van der Waals surface area (Å²) >= 11 is 0. The van der Waals surface area contributed by atoms with E-state index in [1.54, 1.807) is 24.3 Å². The molecule has 0 aliphatic heterocycles. The lowest BCUT2D eigenvalue weighted by Crippen LogP contribution is -2.26. The molecule has 0 heterocycles. The summed E-state index contributed by atoms with van der Waals surface area (Å²) < 4.78 is 10.2. The first-order valence-electron chi connectivity index (χ1n) is 8.96. The second-order valence-electron chi connectivity index (χ2n) is 6.00. The number of benzene rings is 3. The summed E-state index contributed by atoms with van der Waals surface area (Å²) in [6.45, 7) is -0.297. The Labute approximate surface area is 168 Å². The van der Waals surface area contributed by atoms with Crippen LogP contribution >= 0.6 is 0 Å². The summed E-state index contributed by atoms with van der Waals surface area (Å²) in [5, 5.41) is 4.30. The van der Waals surface area contributed by atoms with E-state index < -0.39 is 11.9 Å². The maximum absolute atomic E-state index is 12.3. The van der Waals surface area contributed by atoms with Gasteiger partial charge in [-0.25, -0.2) is 10.2 Å². The lowest BCUT2D eigenvalue weighted by molar-refractivity contribution is -0.123. The molecule has 3 rings (SSSR count). The summed E-state index contributed by atoms with van der Waals surface area (Å²) in [5.41, 5.74) is 5.15. The number of ether oxygens (including phenoxy) is 2. The van der Waals surface area contributed by atoms with Gasteiger partial charge in [0.25, 0.3) is 5.91 Å². The van der Waals surface area contributed by atoms with E-state index >= 15 is 0 Å². The fraction of sp³-hybridized carbons (Fsp3) is 0.0870. The Morgan fingerprint density at radius 3 is 1.97 bits per heavy atom. The molecule has 0 atom stereocenters. The number of esters is 1. The van der Waals surface area contributed by atoms with E-state index in [-0.39, 0.29) is 17.9 Å². The van der Waals surface area contributed by atoms with Crippen LogP contribution in [0.4, 0.5) is 0 Å². The molecule has 0 saturated heterocycles. The van der Waals surface area contributed by atoms with Crippen molar-refractivity contribution in [1.82, 2.24) is 5.43 Å². The maximum atomic E-state index is 12.3. The van der Waals surface area contributed by atoms with Crippen molar-refractivity contribution in [2.45, 2.75) is 0 Å². The number of para-hydroxylation sites is 1. The van der Waals surface area contributed by atoms with Gasteiger partial charge in [-0.05, 0) is 12.1 Å². The number of rotatable bonds is 7. The number of carbonyl (C=O) groups is 2. The minimum absolute atomic E-state index is 0.251. The van der Waals surface area contributed by atoms with Crippen molar-refractivity contribution in [1.29, 1.82) is 0 Å². The third-order valence-corrected chi connectivity index (χ3v) is 4.04. The summed E-state index contributed by atoms with van der Waals surface area (Å²) in [7, 11) is 1.29. The summed E-state index contributed by atoms with van der Waals surface area (Å²) in [5.74, 6) is -0.715. The van der Waals surface area contributed by atoms with E-state index in [1.807, 2.05) is 60.7 Å². The van der Waals surface area contributed by atoms with Crippen molar-refractivity contribution in [3.8, 4) is 5.75 Å². The van der Waals surface area contributed by atoms with Crippen LogP contribution in [0.5, 0.6) is 5.75 Å². The summed E-state index contributed by atoms with van der Waals surface area (Å²) in [6, 6.07) is 25.7. The number of carbonyl (C=O) groups excluding carboxylic acids is 2. The van der Waals surface area contributed by atoms with Crippen molar-refractivity contribution in [2.24, 2.45) is 5.10 Å². The molecule has 0 fully saturated rings. The van der Waals surface area contributed by atoms with Crippen molar-refractivity contribution in [3.63, 3.8) is 0 Å². The monoisotopic (exact) mass is 388 g/mol. The lowest BCUT2D eigenvalue weighted by atomic mass is 10.0. The van der Waals surface area contributed by atoms with Crippen LogP contribution in [0.15, 0.2) is 90.0 Å². The van der Waals surface area contributed by atoms with E-state index in [2.05, 4.69) is 10.5 Å². The fourth-order valence-electron chi connectivity index (χ4n) is 2.65. The van der Waals surface area contributed by atoms with Gasteiger partial charge in [-0.2, -0.15) is 5.10 Å². The number of hydrogen-bond acceptors (Lipinski definition) is 5. The molecule has 146 valence electrons. The molecular formula is C23H20N2O4. The molecule has 6 nitrogen and oxygen atoms in total. The molecule has 29 heavy (non-hydrogen) atoms. The predicted molar refractivity (Wildman–Crippen MR) is 110 cm³/mol. The normalized spacial score (nSPS) is 9.97. The summed E-state index contributed by atoms with van der Waals surface area (Å²) in [6.07, 6.45) is 0. The molecule has 3 aromatic rings. The molecule has 3 aromatic carbocycles. The molecule has 1 amide bonds. The average molecular weight is 388 g/mol. The average Bonchev–Trinajstić information content (AvgIpc) is 2.79. The molecule has 0 spiro atoms. The van der Waals surface area contributed by atoms with Gasteiger partial charge < -0.3 is 9.47 Å². The van der Waals surface area contributed by atoms with Crippen LogP contribution in [0.25, 0.3) is 0 Å². The van der Waals surface area contributed by atoms with Gasteiger partial charge in [-0.3, -0.25) is 4.79 Å². The molecular weight excluding hydrogens is 368 g/mol. The molecule has 0 unspecified atom stereocenters. The standard InChI is InChI=1S/C23H20N2O4/c1-28-23(27)19-14-8-9-15-20(19)29-16-21(26)24-25-22(17-10-4-2-5-11-17)18-12-6-3-7-13-18/h2-15H,16H2,1H3,(H,24,26). The third kappa shape index (κ3) is 5.29. The Bertz CT molecular complexity index is 960. The number of hydrogen-bond donors (Lipinski definition) is 1. The topological polar surface area (TPSA) is 77.0 Å². The fourth-order valence-corrected chi connectivity index (χ4v) is 2.65. The minimum Gasteiger partial charge on any atom is -0.483 e. The Kier molecular flexibility index (Phi) is 6.73. The van der Waals surface area contributed by atoms with Gasteiger partial charge in [0.15, 0.2) is 6.61 Å². The van der Waals surface area contributed by atoms with Crippen LogP contribution in [-0.2, 0) is 9.53 Å². The van der Waals surface area contributed by atoms with Crippen LogP contribution in [0.2, 0.25) is 0 Å². The first-order chi connectivity index (χ1) is 14.2. The zero-order valence-electron chi connectivity index (χ0n) is 15.9. The van der Waals surface area contributed by atoms with Crippen LogP contribution in [0.1, 0.15) is 21.5 Å². The van der Waals surface area contributed by atoms with E-state index in [9.17, 15) is 9.59 Å². The van der Waals surface area contributed by atoms with Crippen molar-refractivity contribution in [3.05, 3.63) is 102 Å². The number of amides is 1. The van der Waals surface area contributed by atoms with Crippen molar-refractivity contribution >= 4 is 17.6 Å². The number of hydrazone groups is 1. The van der Waals surface area contributed by atoms with Crippen LogP contribution in [0.3, 0.4) is 0 Å². The number of nitrogens with one attached hydrogen (secondary N) is 1. The van der Waals surface area contributed by atoms with E-state index in [0.29, 0.717) is 5.71 Å². The molecule has 1 N–H and O–H groups in total. The van der Waals surface area contributed by atoms with Crippen LogP contribution in [-0.4, -0.2) is 31.3 Å². The Morgan fingerprint density at radius 1 is 0.828 bits per heavy atom. The van der Waals surface area contributed by atoms with Gasteiger partial charge in [-0.1, -0.05) is 72.8 Å². The van der Waals surface area contributed by atoms with Crippen LogP contribution < -0.4 is 10.2 Å². The maximum Gasteiger partial charge on any atom is 0.341 e. The lowest BCUT2D eigenvalue weighted by Gasteiger charge is -2.10. The highest BCUT2D eigenvalue weighted by Gasteiger charge is 2.13. The van der Waals surface area contributed by atoms with E-state index in [0.717, 1.165) is 11.1 Å². The van der Waals surface area contributed by atoms with Gasteiger partial charge in [-0.15, -0.1) is 0 Å². The van der Waals surface area contributed by atoms with Gasteiger partial charge in [0, 0.05) is 11.1 Å². The van der Waals surface area contributed by atoms with Gasteiger partial charge >= 0.3 is 5.97 Å². The molecule has 0 radical (unpaired) electrons. The van der Waals surface area contributed by atoms with E-state index in [1.165, 1.54) is 7.11 Å². The Morgan fingerprint density at radius 2 is 1.38 bits per heavy atom. The smallest absolute Gasteiger partial charge is 0.341 e. The molecule has 0 bridgehead atoms. The molecule has 0 aliphatic carbocycles. The SMILES string of the molecule is COC(=O)c1ccccc1OCC(=O)NN=C(c1ccccc1)c1ccccc1. The first kappa shape index (κ1) is 19.8. The molecule has 6 heteroatoms. The summed E-state index contributed by atoms with van der Waals surface area (Å²) in [4.78, 5) is 24.1. The van der Waals surface area contributed by atoms with Crippen LogP contribution in [0, 0.1) is 0 Å². The number of methoxy groups -OCH3 is 1. The highest BCUT2D eigenvalue weighted by atomic mass is 16.5. The first-order valence-corrected chi connectivity index (χ1v) is 8.96. The number of nitrogens with zero attached hydrogens (tertiary/aromatic N) is 1. The third-order valence-electron chi connectivity index (χ3n) is 4.04. The second-order valence-corrected chi connectivity index (χ2v) is 6.00. The van der Waals surface area contributed by atoms with Crippen molar-refractivity contribution in [2.75, 3.05) is 13.7 Å². The highest BCUT2D eigenvalue weighted by molar-refractivity contribution is 6.13.